The lowest BCUT2D eigenvalue weighted by Crippen LogP contribution is -2.01. The maximum absolute atomic E-state index is 5.61. The van der Waals surface area contributed by atoms with E-state index in [-0.39, 0.29) is 12.2 Å². The largest absolute Gasteiger partial charge is 0.378 e. The number of pyridine rings is 2. The standard InChI is InChI=1S/C9H13NO.C7H8ClNO.C7H10N2O.2C6H8N2O/c1-3-9(11-2)8-6-4-5-7-10-8;1-10-5-6-3-2-4-7(8)9-6;1-6(10-2)7-4-3-5-8-9-7;1-9-4-6-2-3-7-5-8-6;1-9-5-6-3-2-4-7-8-6/h4-7,9H,3H2,1-2H3;2-4H,5H2,1H3;3-6H,1-2H3;2-3,5H,4H2,1H3;2-4H,5H2,1H3. The van der Waals surface area contributed by atoms with Crippen molar-refractivity contribution in [3.8, 4) is 0 Å². The molecule has 14 heteroatoms. The second-order valence-electron chi connectivity index (χ2n) is 9.58. The highest BCUT2D eigenvalue weighted by Crippen LogP contribution is 2.16. The van der Waals surface area contributed by atoms with Crippen molar-refractivity contribution in [2.45, 2.75) is 52.3 Å². The molecular weight excluding hydrogens is 648 g/mol. The zero-order chi connectivity index (χ0) is 36.0. The zero-order valence-corrected chi connectivity index (χ0v) is 30.0. The van der Waals surface area contributed by atoms with Crippen LogP contribution in [0.25, 0.3) is 0 Å². The Morgan fingerprint density at radius 1 is 0.612 bits per heavy atom. The summed E-state index contributed by atoms with van der Waals surface area (Å²) in [6.07, 6.45) is 9.43. The second kappa shape index (κ2) is 28.6. The van der Waals surface area contributed by atoms with Gasteiger partial charge >= 0.3 is 0 Å². The van der Waals surface area contributed by atoms with Gasteiger partial charge in [0.15, 0.2) is 0 Å². The van der Waals surface area contributed by atoms with Crippen LogP contribution in [0.4, 0.5) is 0 Å². The Labute approximate surface area is 294 Å². The molecule has 0 amide bonds. The van der Waals surface area contributed by atoms with Crippen LogP contribution in [-0.2, 0) is 43.5 Å². The van der Waals surface area contributed by atoms with Crippen LogP contribution in [0.15, 0.2) is 97.8 Å². The van der Waals surface area contributed by atoms with Crippen molar-refractivity contribution < 1.29 is 23.7 Å². The summed E-state index contributed by atoms with van der Waals surface area (Å²) >= 11 is 5.61. The number of methoxy groups -OCH3 is 5. The number of rotatable bonds is 11. The molecule has 0 N–H and O–H groups in total. The van der Waals surface area contributed by atoms with Crippen LogP contribution in [0.2, 0.25) is 5.15 Å². The lowest BCUT2D eigenvalue weighted by Gasteiger charge is -2.10. The highest BCUT2D eigenvalue weighted by molar-refractivity contribution is 6.29. The van der Waals surface area contributed by atoms with Crippen molar-refractivity contribution in [2.24, 2.45) is 0 Å². The Bertz CT molecular complexity index is 1400. The number of ether oxygens (including phenoxy) is 5. The molecule has 2 atom stereocenters. The van der Waals surface area contributed by atoms with Gasteiger partial charge in [-0.3, -0.25) is 4.98 Å². The third-order valence-electron chi connectivity index (χ3n) is 5.96. The molecule has 5 aromatic heterocycles. The van der Waals surface area contributed by atoms with Crippen LogP contribution in [0.5, 0.6) is 0 Å². The molecule has 2 unspecified atom stereocenters. The summed E-state index contributed by atoms with van der Waals surface area (Å²) in [5, 5.41) is 15.6. The van der Waals surface area contributed by atoms with Crippen LogP contribution < -0.4 is 0 Å². The molecule has 13 nitrogen and oxygen atoms in total. The first-order valence-corrected chi connectivity index (χ1v) is 15.6. The first-order valence-electron chi connectivity index (χ1n) is 15.3. The molecule has 0 aliphatic rings. The highest BCUT2D eigenvalue weighted by atomic mass is 35.5. The molecule has 49 heavy (non-hydrogen) atoms. The summed E-state index contributed by atoms with van der Waals surface area (Å²) in [5.74, 6) is 0. The van der Waals surface area contributed by atoms with Gasteiger partial charge < -0.3 is 23.7 Å². The SMILES string of the molecule is CCC(OC)c1ccccn1.COC(C)c1cccnn1.COCc1cccc(Cl)n1.COCc1cccnn1.COCc1ccncn1. The van der Waals surface area contributed by atoms with E-state index in [9.17, 15) is 0 Å². The van der Waals surface area contributed by atoms with E-state index in [0.29, 0.717) is 25.0 Å². The predicted molar refractivity (Wildman–Crippen MR) is 187 cm³/mol. The average molecular weight is 695 g/mol. The molecule has 0 aromatic carbocycles. The Kier molecular flexibility index (Phi) is 24.9. The molecule has 0 spiro atoms. The fourth-order valence-corrected chi connectivity index (χ4v) is 3.68. The Morgan fingerprint density at radius 2 is 1.27 bits per heavy atom. The van der Waals surface area contributed by atoms with Gasteiger partial charge in [0.2, 0.25) is 0 Å². The quantitative estimate of drug-likeness (QED) is 0.139. The van der Waals surface area contributed by atoms with Gasteiger partial charge in [-0.25, -0.2) is 15.0 Å². The molecule has 0 bridgehead atoms. The topological polar surface area (TPSA) is 149 Å². The minimum atomic E-state index is 0.0358. The van der Waals surface area contributed by atoms with Gasteiger partial charge in [-0.2, -0.15) is 20.4 Å². The summed E-state index contributed by atoms with van der Waals surface area (Å²) < 4.78 is 24.8. The van der Waals surface area contributed by atoms with E-state index >= 15 is 0 Å². The number of nitrogens with zero attached hydrogens (tertiary/aromatic N) is 8. The molecule has 0 saturated carbocycles. The summed E-state index contributed by atoms with van der Waals surface area (Å²) in [6, 6.07) is 20.6. The average Bonchev–Trinajstić information content (AvgIpc) is 3.15. The minimum absolute atomic E-state index is 0.0358. The van der Waals surface area contributed by atoms with E-state index < -0.39 is 0 Å². The molecule has 0 saturated heterocycles. The first kappa shape index (κ1) is 42.7. The van der Waals surface area contributed by atoms with Crippen molar-refractivity contribution in [3.63, 3.8) is 0 Å². The van der Waals surface area contributed by atoms with E-state index in [1.807, 2.05) is 67.6 Å². The lowest BCUT2D eigenvalue weighted by molar-refractivity contribution is 0.0965. The number of aromatic nitrogens is 8. The molecule has 0 aliphatic carbocycles. The van der Waals surface area contributed by atoms with Crippen molar-refractivity contribution in [2.75, 3.05) is 35.5 Å². The zero-order valence-electron chi connectivity index (χ0n) is 29.2. The summed E-state index contributed by atoms with van der Waals surface area (Å²) in [5.41, 5.74) is 4.50. The van der Waals surface area contributed by atoms with Crippen LogP contribution in [0.1, 0.15) is 60.9 Å². The van der Waals surface area contributed by atoms with E-state index in [4.69, 9.17) is 35.3 Å². The van der Waals surface area contributed by atoms with Gasteiger partial charge in [-0.15, -0.1) is 0 Å². The van der Waals surface area contributed by atoms with Gasteiger partial charge in [0, 0.05) is 60.3 Å². The van der Waals surface area contributed by atoms with E-state index in [0.717, 1.165) is 34.9 Å². The van der Waals surface area contributed by atoms with Crippen molar-refractivity contribution in [3.05, 3.63) is 131 Å². The second-order valence-corrected chi connectivity index (χ2v) is 9.97. The van der Waals surface area contributed by atoms with E-state index in [2.05, 4.69) is 47.3 Å². The fourth-order valence-electron chi connectivity index (χ4n) is 3.50. The van der Waals surface area contributed by atoms with Gasteiger partial charge in [0.05, 0.1) is 60.5 Å². The molecular formula is C35H47ClN8O5. The third kappa shape index (κ3) is 20.6. The summed E-state index contributed by atoms with van der Waals surface area (Å²) in [7, 11) is 8.27. The Hall–Kier alpha value is -4.37. The molecule has 0 fully saturated rings. The maximum atomic E-state index is 5.61. The van der Waals surface area contributed by atoms with Gasteiger partial charge in [-0.05, 0) is 67.9 Å². The summed E-state index contributed by atoms with van der Waals surface area (Å²) in [4.78, 5) is 15.9. The predicted octanol–water partition coefficient (Wildman–Crippen LogP) is 6.49. The number of hydrogen-bond acceptors (Lipinski definition) is 13. The van der Waals surface area contributed by atoms with E-state index in [1.165, 1.54) is 6.33 Å². The first-order chi connectivity index (χ1) is 23.9. The lowest BCUT2D eigenvalue weighted by atomic mass is 10.2. The van der Waals surface area contributed by atoms with Crippen molar-refractivity contribution in [1.29, 1.82) is 0 Å². The molecule has 0 aliphatic heterocycles. The Morgan fingerprint density at radius 3 is 1.78 bits per heavy atom. The molecule has 0 radical (unpaired) electrons. The number of halogens is 1. The van der Waals surface area contributed by atoms with Crippen LogP contribution in [0.3, 0.4) is 0 Å². The van der Waals surface area contributed by atoms with Gasteiger partial charge in [-0.1, -0.05) is 30.7 Å². The summed E-state index contributed by atoms with van der Waals surface area (Å²) in [6.45, 7) is 5.63. The van der Waals surface area contributed by atoms with Crippen LogP contribution in [-0.4, -0.2) is 75.9 Å². The van der Waals surface area contributed by atoms with Crippen LogP contribution in [0, 0.1) is 0 Å². The van der Waals surface area contributed by atoms with E-state index in [1.54, 1.807) is 66.4 Å². The number of hydrogen-bond donors (Lipinski definition) is 0. The van der Waals surface area contributed by atoms with Crippen LogP contribution >= 0.6 is 11.6 Å². The monoisotopic (exact) mass is 694 g/mol. The smallest absolute Gasteiger partial charge is 0.129 e. The molecule has 264 valence electrons. The molecule has 5 aromatic rings. The maximum Gasteiger partial charge on any atom is 0.129 e. The molecule has 5 rings (SSSR count). The minimum Gasteiger partial charge on any atom is -0.378 e. The van der Waals surface area contributed by atoms with Gasteiger partial charge in [0.25, 0.3) is 0 Å². The van der Waals surface area contributed by atoms with Crippen molar-refractivity contribution >= 4 is 11.6 Å². The molecule has 5 heterocycles. The third-order valence-corrected chi connectivity index (χ3v) is 6.17. The fraction of sp³-hybridized carbons (Fsp3) is 0.371. The normalized spacial score (nSPS) is 11.0. The van der Waals surface area contributed by atoms with Crippen molar-refractivity contribution in [1.82, 2.24) is 40.3 Å². The highest BCUT2D eigenvalue weighted by Gasteiger charge is 2.07. The Balaban J connectivity index is 0.000000307. The van der Waals surface area contributed by atoms with Gasteiger partial charge in [0.1, 0.15) is 11.5 Å².